The number of nitrogens with one attached hydrogen (secondary N) is 3. The quantitative estimate of drug-likeness (QED) is 0.303. The predicted octanol–water partition coefficient (Wildman–Crippen LogP) is 5.50. The number of amides is 2. The first-order chi connectivity index (χ1) is 16.7. The van der Waals surface area contributed by atoms with Crippen LogP contribution in [0.15, 0.2) is 54.0 Å². The number of ether oxygens (including phenoxy) is 1. The molecule has 2 amide bonds. The molecule has 9 heteroatoms. The summed E-state index contributed by atoms with van der Waals surface area (Å²) in [7, 11) is 0. The molecule has 1 aromatic carbocycles. The van der Waals surface area contributed by atoms with Gasteiger partial charge in [-0.05, 0) is 46.9 Å². The van der Waals surface area contributed by atoms with Gasteiger partial charge in [-0.1, -0.05) is 58.4 Å². The smallest absolute Gasteiger partial charge is 0.408 e. The van der Waals surface area contributed by atoms with Gasteiger partial charge in [0.25, 0.3) is 11.7 Å². The molecule has 35 heavy (non-hydrogen) atoms. The van der Waals surface area contributed by atoms with Crippen LogP contribution in [0.3, 0.4) is 0 Å². The van der Waals surface area contributed by atoms with E-state index in [4.69, 9.17) is 4.74 Å². The number of H-pyrrole nitrogens is 1. The Bertz CT molecular complexity index is 1140. The number of alkyl carbamates (subject to hydrolysis) is 1. The van der Waals surface area contributed by atoms with Gasteiger partial charge >= 0.3 is 6.09 Å². The summed E-state index contributed by atoms with van der Waals surface area (Å²) in [4.78, 5) is 41.4. The summed E-state index contributed by atoms with van der Waals surface area (Å²) in [6.07, 6.45) is 2.65. The van der Waals surface area contributed by atoms with Crippen molar-refractivity contribution in [3.05, 3.63) is 59.6 Å². The van der Waals surface area contributed by atoms with Crippen LogP contribution in [0.5, 0.6) is 0 Å². The Labute approximate surface area is 209 Å². The molecule has 1 atom stereocenters. The highest BCUT2D eigenvalue weighted by Crippen LogP contribution is 2.45. The first kappa shape index (κ1) is 26.2. The highest BCUT2D eigenvalue weighted by Gasteiger charge is 2.55. The molecule has 3 rings (SSSR count). The van der Waals surface area contributed by atoms with E-state index in [-0.39, 0.29) is 12.4 Å². The highest BCUT2D eigenvalue weighted by molar-refractivity contribution is 7.13. The number of nitrogens with zero attached hydrogens (tertiary/aromatic N) is 1. The van der Waals surface area contributed by atoms with Crippen LogP contribution in [-0.4, -0.2) is 34.6 Å². The van der Waals surface area contributed by atoms with E-state index in [2.05, 4.69) is 20.8 Å². The Morgan fingerprint density at radius 1 is 1.09 bits per heavy atom. The van der Waals surface area contributed by atoms with Crippen molar-refractivity contribution in [3.8, 4) is 10.4 Å². The minimum atomic E-state index is -1.69. The summed E-state index contributed by atoms with van der Waals surface area (Å²) in [5, 5.41) is 13.8. The molecule has 0 aliphatic heterocycles. The summed E-state index contributed by atoms with van der Waals surface area (Å²) in [5.74, 6) is -1.37. The molecule has 0 saturated heterocycles. The molecule has 0 fully saturated rings. The van der Waals surface area contributed by atoms with Gasteiger partial charge in [0.2, 0.25) is 0 Å². The molecule has 0 radical (unpaired) electrons. The van der Waals surface area contributed by atoms with E-state index in [1.165, 1.54) is 6.20 Å². The molecule has 0 spiro atoms. The van der Waals surface area contributed by atoms with Gasteiger partial charge in [-0.2, -0.15) is 5.10 Å². The Kier molecular flexibility index (Phi) is 8.45. The third-order valence-electron chi connectivity index (χ3n) is 6.01. The number of hydrogen-bond donors (Lipinski definition) is 3. The lowest BCUT2D eigenvalue weighted by Crippen LogP contribution is -2.63. The van der Waals surface area contributed by atoms with Crippen molar-refractivity contribution < 1.29 is 19.1 Å². The van der Waals surface area contributed by atoms with Gasteiger partial charge in [0.05, 0.1) is 12.8 Å². The number of thiophene rings is 1. The van der Waals surface area contributed by atoms with Crippen LogP contribution in [0.2, 0.25) is 0 Å². The number of rotatable bonds is 11. The molecular weight excluding hydrogens is 464 g/mol. The minimum Gasteiger partial charge on any atom is -0.450 e. The first-order valence-electron chi connectivity index (χ1n) is 11.7. The Morgan fingerprint density at radius 3 is 2.51 bits per heavy atom. The summed E-state index contributed by atoms with van der Waals surface area (Å²) in [6, 6.07) is 12.9. The second kappa shape index (κ2) is 11.3. The van der Waals surface area contributed by atoms with Crippen LogP contribution < -0.4 is 10.6 Å². The molecule has 0 saturated carbocycles. The van der Waals surface area contributed by atoms with Crippen molar-refractivity contribution >= 4 is 34.9 Å². The average Bonchev–Trinajstić information content (AvgIpc) is 3.55. The number of Topliss-reactive ketones (excluding diaryl/α,β-unsaturated/α-hetero) is 1. The van der Waals surface area contributed by atoms with E-state index in [0.717, 1.165) is 16.9 Å². The second-order valence-electron chi connectivity index (χ2n) is 8.96. The van der Waals surface area contributed by atoms with Gasteiger partial charge in [0.1, 0.15) is 11.4 Å². The molecule has 3 aromatic rings. The molecule has 0 aliphatic carbocycles. The van der Waals surface area contributed by atoms with Crippen LogP contribution in [0.4, 0.5) is 10.6 Å². The lowest BCUT2D eigenvalue weighted by Gasteiger charge is -2.45. The van der Waals surface area contributed by atoms with Gasteiger partial charge in [-0.3, -0.25) is 14.7 Å². The normalized spacial score (nSPS) is 13.0. The third-order valence-corrected chi connectivity index (χ3v) is 6.93. The van der Waals surface area contributed by atoms with Crippen LogP contribution >= 0.6 is 11.3 Å². The van der Waals surface area contributed by atoms with Crippen molar-refractivity contribution in [2.45, 2.75) is 52.5 Å². The number of ketones is 1. The molecule has 0 aliphatic rings. The van der Waals surface area contributed by atoms with Crippen LogP contribution in [0.25, 0.3) is 10.4 Å². The Morgan fingerprint density at radius 2 is 1.89 bits per heavy atom. The maximum Gasteiger partial charge on any atom is 0.408 e. The molecule has 8 nitrogen and oxygen atoms in total. The zero-order valence-corrected chi connectivity index (χ0v) is 21.3. The van der Waals surface area contributed by atoms with Gasteiger partial charge in [-0.15, -0.1) is 11.3 Å². The zero-order valence-electron chi connectivity index (χ0n) is 20.5. The fraction of sp³-hybridized carbons (Fsp3) is 0.385. The number of benzene rings is 1. The van der Waals surface area contributed by atoms with E-state index in [0.29, 0.717) is 18.4 Å². The van der Waals surface area contributed by atoms with Gasteiger partial charge < -0.3 is 15.4 Å². The number of aromatic nitrogens is 2. The standard InChI is InChI=1S/C26H32N4O4S/c1-5-13-25(3,4)26(29-24(33)34-15-6-2,22(31)23(32)28-21-12-14-27-30-21)19-10-7-9-18(17-19)20-11-8-16-35-20/h7-12,14,16-17H,5-6,13,15H2,1-4H3,(H,29,33)(H2,27,28,30,32)/t26-/m0/s1. The van der Waals surface area contributed by atoms with Crippen molar-refractivity contribution in [2.75, 3.05) is 11.9 Å². The number of carbonyl (C=O) groups excluding carboxylic acids is 3. The van der Waals surface area contributed by atoms with Gasteiger partial charge in [-0.25, -0.2) is 4.79 Å². The number of anilines is 1. The number of aromatic amines is 1. The predicted molar refractivity (Wildman–Crippen MR) is 137 cm³/mol. The summed E-state index contributed by atoms with van der Waals surface area (Å²) in [6.45, 7) is 7.85. The second-order valence-corrected chi connectivity index (χ2v) is 9.90. The Balaban J connectivity index is 2.18. The molecule has 3 N–H and O–H groups in total. The molecular formula is C26H32N4O4S. The van der Waals surface area contributed by atoms with E-state index >= 15 is 0 Å². The van der Waals surface area contributed by atoms with E-state index in [1.54, 1.807) is 23.5 Å². The third kappa shape index (κ3) is 5.62. The molecule has 2 aromatic heterocycles. The maximum atomic E-state index is 14.1. The minimum absolute atomic E-state index is 0.194. The van der Waals surface area contributed by atoms with E-state index < -0.39 is 28.7 Å². The fourth-order valence-electron chi connectivity index (χ4n) is 4.35. The molecule has 0 bridgehead atoms. The maximum absolute atomic E-state index is 14.1. The fourth-order valence-corrected chi connectivity index (χ4v) is 5.07. The monoisotopic (exact) mass is 496 g/mol. The molecule has 0 unspecified atom stereocenters. The van der Waals surface area contributed by atoms with Gasteiger partial charge in [0.15, 0.2) is 0 Å². The summed E-state index contributed by atoms with van der Waals surface area (Å²) in [5.41, 5.74) is -1.13. The number of hydrogen-bond acceptors (Lipinski definition) is 6. The lowest BCUT2D eigenvalue weighted by atomic mass is 9.63. The van der Waals surface area contributed by atoms with Gasteiger partial charge in [0, 0.05) is 10.9 Å². The largest absolute Gasteiger partial charge is 0.450 e. The summed E-state index contributed by atoms with van der Waals surface area (Å²) >= 11 is 1.57. The van der Waals surface area contributed by atoms with Crippen molar-refractivity contribution in [3.63, 3.8) is 0 Å². The zero-order chi connectivity index (χ0) is 25.5. The van der Waals surface area contributed by atoms with Crippen molar-refractivity contribution in [2.24, 2.45) is 5.41 Å². The van der Waals surface area contributed by atoms with E-state index in [1.807, 2.05) is 63.4 Å². The lowest BCUT2D eigenvalue weighted by molar-refractivity contribution is -0.143. The average molecular weight is 497 g/mol. The van der Waals surface area contributed by atoms with Crippen LogP contribution in [0.1, 0.15) is 52.5 Å². The SMILES string of the molecule is CCCOC(=O)N[C@](C(=O)C(=O)Nc1ccn[nH]1)(c1cccc(-c2cccs2)c1)C(C)(C)CCC. The van der Waals surface area contributed by atoms with Crippen LogP contribution in [0, 0.1) is 5.41 Å². The first-order valence-corrected chi connectivity index (χ1v) is 12.6. The van der Waals surface area contributed by atoms with Crippen molar-refractivity contribution in [1.82, 2.24) is 15.5 Å². The van der Waals surface area contributed by atoms with Crippen molar-refractivity contribution in [1.29, 1.82) is 0 Å². The Hall–Kier alpha value is -3.46. The topological polar surface area (TPSA) is 113 Å². The summed E-state index contributed by atoms with van der Waals surface area (Å²) < 4.78 is 5.33. The van der Waals surface area contributed by atoms with Crippen LogP contribution in [-0.2, 0) is 19.9 Å². The highest BCUT2D eigenvalue weighted by atomic mass is 32.1. The molecule has 2 heterocycles. The molecule has 186 valence electrons. The number of carbonyl (C=O) groups is 3. The van der Waals surface area contributed by atoms with E-state index in [9.17, 15) is 14.4 Å².